The Kier molecular flexibility index (Phi) is 4.52. The molecule has 1 N–H and O–H groups in total. The van der Waals surface area contributed by atoms with Gasteiger partial charge >= 0.3 is 0 Å². The van der Waals surface area contributed by atoms with Crippen LogP contribution in [0.25, 0.3) is 0 Å². The van der Waals surface area contributed by atoms with Crippen molar-refractivity contribution in [3.8, 4) is 0 Å². The lowest BCUT2D eigenvalue weighted by molar-refractivity contribution is 0.494. The quantitative estimate of drug-likeness (QED) is 0.847. The highest BCUT2D eigenvalue weighted by Crippen LogP contribution is 2.17. The summed E-state index contributed by atoms with van der Waals surface area (Å²) in [6.45, 7) is -0.817. The van der Waals surface area contributed by atoms with Crippen molar-refractivity contribution in [3.63, 3.8) is 0 Å². The summed E-state index contributed by atoms with van der Waals surface area (Å²) in [6.07, 6.45) is 0. The molecule has 7 heteroatoms. The van der Waals surface area contributed by atoms with Crippen LogP contribution in [0.1, 0.15) is 11.1 Å². The van der Waals surface area contributed by atoms with Crippen LogP contribution >= 0.6 is 0 Å². The van der Waals surface area contributed by atoms with E-state index in [0.717, 1.165) is 0 Å². The Morgan fingerprint density at radius 3 is 1.14 bits per heavy atom. The van der Waals surface area contributed by atoms with Gasteiger partial charge in [-0.05, 0) is 0 Å². The molecule has 0 aromatic heterocycles. The summed E-state index contributed by atoms with van der Waals surface area (Å²) in [7, 11) is 0. The summed E-state index contributed by atoms with van der Waals surface area (Å²) in [4.78, 5) is 0. The van der Waals surface area contributed by atoms with Crippen molar-refractivity contribution in [2.75, 3.05) is 0 Å². The minimum absolute atomic E-state index is 0.409. The molecule has 0 aliphatic carbocycles. The number of benzene rings is 2. The first kappa shape index (κ1) is 15.4. The van der Waals surface area contributed by atoms with E-state index in [9.17, 15) is 26.3 Å². The van der Waals surface area contributed by atoms with Crippen LogP contribution in [0.15, 0.2) is 24.3 Å². The van der Waals surface area contributed by atoms with Crippen LogP contribution in [0, 0.1) is 34.9 Å². The first-order valence-corrected chi connectivity index (χ1v) is 5.86. The molecule has 0 heterocycles. The van der Waals surface area contributed by atoms with Crippen LogP contribution in [0.2, 0.25) is 0 Å². The maximum absolute atomic E-state index is 13.3. The topological polar surface area (TPSA) is 12.0 Å². The predicted octanol–water partition coefficient (Wildman–Crippen LogP) is 3.81. The highest BCUT2D eigenvalue weighted by atomic mass is 19.2. The van der Waals surface area contributed by atoms with Gasteiger partial charge < -0.3 is 5.32 Å². The van der Waals surface area contributed by atoms with Gasteiger partial charge in [-0.2, -0.15) is 0 Å². The monoisotopic (exact) mass is 305 g/mol. The second kappa shape index (κ2) is 6.17. The number of halogens is 6. The molecule has 1 nitrogen and oxygen atoms in total. The van der Waals surface area contributed by atoms with E-state index in [1.807, 2.05) is 0 Å². The molecule has 0 aliphatic rings. The summed E-state index contributed by atoms with van der Waals surface area (Å²) in [5.41, 5.74) is -0.918. The lowest BCUT2D eigenvalue weighted by atomic mass is 10.1. The molecule has 0 spiro atoms. The van der Waals surface area contributed by atoms with E-state index in [4.69, 9.17) is 0 Å². The van der Waals surface area contributed by atoms with Crippen molar-refractivity contribution in [1.29, 1.82) is 0 Å². The fraction of sp³-hybridized carbons (Fsp3) is 0.143. The van der Waals surface area contributed by atoms with Crippen molar-refractivity contribution >= 4 is 0 Å². The number of nitrogens with one attached hydrogen (secondary N) is 1. The Hall–Kier alpha value is -2.02. The normalized spacial score (nSPS) is 11.0. The molecule has 2 aromatic carbocycles. The molecule has 0 radical (unpaired) electrons. The van der Waals surface area contributed by atoms with Gasteiger partial charge in [0, 0.05) is 48.5 Å². The molecule has 2 rings (SSSR count). The lowest BCUT2D eigenvalue weighted by Gasteiger charge is -2.09. The van der Waals surface area contributed by atoms with Crippen LogP contribution < -0.4 is 5.32 Å². The van der Waals surface area contributed by atoms with Crippen molar-refractivity contribution in [2.45, 2.75) is 13.1 Å². The van der Waals surface area contributed by atoms with E-state index >= 15 is 0 Å². The van der Waals surface area contributed by atoms with E-state index in [0.29, 0.717) is 24.3 Å². The van der Waals surface area contributed by atoms with E-state index < -0.39 is 59.1 Å². The second-order valence-corrected chi connectivity index (χ2v) is 4.30. The maximum atomic E-state index is 13.3. The lowest BCUT2D eigenvalue weighted by Crippen LogP contribution is -2.17. The first-order valence-electron chi connectivity index (χ1n) is 5.86. The van der Waals surface area contributed by atoms with Gasteiger partial charge in [-0.1, -0.05) is 0 Å². The smallest absolute Gasteiger partial charge is 0.133 e. The van der Waals surface area contributed by atoms with Crippen LogP contribution in [0.5, 0.6) is 0 Å². The minimum Gasteiger partial charge on any atom is -0.308 e. The number of rotatable bonds is 4. The summed E-state index contributed by atoms with van der Waals surface area (Å²) in [6, 6.07) is 2.00. The fourth-order valence-electron chi connectivity index (χ4n) is 1.79. The van der Waals surface area contributed by atoms with Crippen molar-refractivity contribution < 1.29 is 26.3 Å². The van der Waals surface area contributed by atoms with E-state index in [1.54, 1.807) is 0 Å². The molecule has 0 saturated heterocycles. The largest absolute Gasteiger partial charge is 0.308 e. The fourth-order valence-corrected chi connectivity index (χ4v) is 1.79. The Morgan fingerprint density at radius 1 is 0.571 bits per heavy atom. The molecule has 0 amide bonds. The summed E-state index contributed by atoms with van der Waals surface area (Å²) >= 11 is 0. The van der Waals surface area contributed by atoms with Crippen molar-refractivity contribution in [3.05, 3.63) is 70.3 Å². The predicted molar refractivity (Wildman–Crippen MR) is 63.2 cm³/mol. The Bertz CT molecular complexity index is 567. The molecule has 0 saturated carbocycles. The molecule has 21 heavy (non-hydrogen) atoms. The van der Waals surface area contributed by atoms with Gasteiger partial charge in [-0.25, -0.2) is 26.3 Å². The third-order valence-electron chi connectivity index (χ3n) is 2.82. The van der Waals surface area contributed by atoms with E-state index in [-0.39, 0.29) is 0 Å². The Labute approximate surface area is 116 Å². The van der Waals surface area contributed by atoms with E-state index in [1.165, 1.54) is 0 Å². The summed E-state index contributed by atoms with van der Waals surface area (Å²) < 4.78 is 78.7. The maximum Gasteiger partial charge on any atom is 0.133 e. The van der Waals surface area contributed by atoms with E-state index in [2.05, 4.69) is 5.32 Å². The molecule has 0 atom stereocenters. The number of hydrogen-bond donors (Lipinski definition) is 1. The SMILES string of the molecule is Fc1cc(F)c(CNCc2c(F)cc(F)cc2F)c(F)c1. The van der Waals surface area contributed by atoms with Crippen LogP contribution in [0.4, 0.5) is 26.3 Å². The van der Waals surface area contributed by atoms with Gasteiger partial charge in [-0.15, -0.1) is 0 Å². The zero-order chi connectivity index (χ0) is 15.6. The zero-order valence-corrected chi connectivity index (χ0v) is 10.5. The van der Waals surface area contributed by atoms with Gasteiger partial charge in [0.1, 0.15) is 34.9 Å². The second-order valence-electron chi connectivity index (χ2n) is 4.30. The Balaban J connectivity index is 2.09. The van der Waals surface area contributed by atoms with Gasteiger partial charge in [0.05, 0.1) is 0 Å². The molecular weight excluding hydrogens is 296 g/mol. The average Bonchev–Trinajstić information content (AvgIpc) is 2.34. The molecule has 2 aromatic rings. The molecular formula is C14H9F6N. The van der Waals surface area contributed by atoms with Gasteiger partial charge in [0.2, 0.25) is 0 Å². The molecule has 0 aliphatic heterocycles. The third-order valence-corrected chi connectivity index (χ3v) is 2.82. The average molecular weight is 305 g/mol. The highest BCUT2D eigenvalue weighted by molar-refractivity contribution is 5.22. The molecule has 112 valence electrons. The van der Waals surface area contributed by atoms with Gasteiger partial charge in [0.25, 0.3) is 0 Å². The minimum atomic E-state index is -1.11. The van der Waals surface area contributed by atoms with Crippen LogP contribution in [-0.4, -0.2) is 0 Å². The first-order chi connectivity index (χ1) is 9.88. The molecule has 0 unspecified atom stereocenters. The third kappa shape index (κ3) is 3.55. The number of hydrogen-bond acceptors (Lipinski definition) is 1. The van der Waals surface area contributed by atoms with Crippen LogP contribution in [0.3, 0.4) is 0 Å². The van der Waals surface area contributed by atoms with Gasteiger partial charge in [-0.3, -0.25) is 0 Å². The Morgan fingerprint density at radius 2 is 0.857 bits per heavy atom. The van der Waals surface area contributed by atoms with Gasteiger partial charge in [0.15, 0.2) is 0 Å². The summed E-state index contributed by atoms with van der Waals surface area (Å²) in [5, 5.41) is 2.42. The highest BCUT2D eigenvalue weighted by Gasteiger charge is 2.14. The summed E-state index contributed by atoms with van der Waals surface area (Å²) in [5.74, 6) is -6.58. The van der Waals surface area contributed by atoms with Crippen molar-refractivity contribution in [2.24, 2.45) is 0 Å². The van der Waals surface area contributed by atoms with Crippen molar-refractivity contribution in [1.82, 2.24) is 5.32 Å². The molecule has 0 bridgehead atoms. The molecule has 0 fully saturated rings. The standard InChI is InChI=1S/C14H9F6N/c15-7-1-11(17)9(12(18)2-7)5-21-6-10-13(19)3-8(16)4-14(10)20/h1-4,21H,5-6H2. The zero-order valence-electron chi connectivity index (χ0n) is 10.5. The van der Waals surface area contributed by atoms with Crippen LogP contribution in [-0.2, 0) is 13.1 Å².